The smallest absolute Gasteiger partial charge is 0.253 e. The van der Waals surface area contributed by atoms with E-state index in [0.29, 0.717) is 18.7 Å². The molecule has 0 saturated carbocycles. The van der Waals surface area contributed by atoms with Gasteiger partial charge in [-0.05, 0) is 43.9 Å². The molecule has 3 rings (SSSR count). The summed E-state index contributed by atoms with van der Waals surface area (Å²) in [5.74, 6) is 0.248. The van der Waals surface area contributed by atoms with Gasteiger partial charge in [-0.3, -0.25) is 4.79 Å². The maximum absolute atomic E-state index is 12.7. The number of hydrogen-bond acceptors (Lipinski definition) is 5. The number of aryl methyl sites for hydroxylation is 1. The number of anilines is 1. The van der Waals surface area contributed by atoms with Crippen molar-refractivity contribution in [2.24, 2.45) is 5.92 Å². The second-order valence-electron chi connectivity index (χ2n) is 6.23. The van der Waals surface area contributed by atoms with E-state index in [1.54, 1.807) is 11.3 Å². The Bertz CT molecular complexity index is 701. The van der Waals surface area contributed by atoms with Crippen molar-refractivity contribution in [2.75, 3.05) is 25.0 Å². The number of likely N-dealkylation sites (tertiary alicyclic amines) is 1. The van der Waals surface area contributed by atoms with E-state index in [0.717, 1.165) is 35.8 Å². The van der Waals surface area contributed by atoms with Crippen molar-refractivity contribution < 1.29 is 9.90 Å². The van der Waals surface area contributed by atoms with Gasteiger partial charge in [-0.2, -0.15) is 0 Å². The minimum absolute atomic E-state index is 0.0429. The zero-order chi connectivity index (χ0) is 16.9. The van der Waals surface area contributed by atoms with Crippen molar-refractivity contribution in [1.29, 1.82) is 0 Å². The fourth-order valence-electron chi connectivity index (χ4n) is 3.03. The predicted octanol–water partition coefficient (Wildman–Crippen LogP) is 2.91. The van der Waals surface area contributed by atoms with E-state index in [2.05, 4.69) is 10.3 Å². The van der Waals surface area contributed by atoms with Crippen molar-refractivity contribution in [1.82, 2.24) is 9.88 Å². The molecular formula is C18H23N3O2S. The van der Waals surface area contributed by atoms with Gasteiger partial charge in [0.2, 0.25) is 0 Å². The van der Waals surface area contributed by atoms with Crippen LogP contribution in [0.5, 0.6) is 0 Å². The van der Waals surface area contributed by atoms with Crippen molar-refractivity contribution in [3.05, 3.63) is 45.9 Å². The Morgan fingerprint density at radius 1 is 1.50 bits per heavy atom. The van der Waals surface area contributed by atoms with Gasteiger partial charge in [0.25, 0.3) is 5.91 Å². The average Bonchev–Trinajstić information content (AvgIpc) is 3.05. The maximum Gasteiger partial charge on any atom is 0.253 e. The number of aliphatic hydroxyl groups excluding tert-OH is 1. The summed E-state index contributed by atoms with van der Waals surface area (Å²) in [6.45, 7) is 4.21. The van der Waals surface area contributed by atoms with E-state index in [1.165, 1.54) is 0 Å². The summed E-state index contributed by atoms with van der Waals surface area (Å²) < 4.78 is 0. The fraction of sp³-hybridized carbons (Fsp3) is 0.444. The van der Waals surface area contributed by atoms with Gasteiger partial charge in [-0.25, -0.2) is 4.98 Å². The molecule has 1 aromatic carbocycles. The van der Waals surface area contributed by atoms with Crippen LogP contribution in [0.1, 0.15) is 33.9 Å². The summed E-state index contributed by atoms with van der Waals surface area (Å²) in [5, 5.41) is 15.8. The van der Waals surface area contributed by atoms with Crippen LogP contribution in [0.4, 0.5) is 5.69 Å². The molecular weight excluding hydrogens is 322 g/mol. The Hall–Kier alpha value is -1.92. The average molecular weight is 345 g/mol. The Labute approximate surface area is 146 Å². The first-order valence-corrected chi connectivity index (χ1v) is 9.19. The number of nitrogens with one attached hydrogen (secondary N) is 1. The number of piperidine rings is 1. The van der Waals surface area contributed by atoms with Gasteiger partial charge in [0, 0.05) is 36.3 Å². The SMILES string of the molecule is Cc1nc(CNc2cccc(C(=O)N3CCC[C@@H](CO)C3)c2)cs1. The van der Waals surface area contributed by atoms with E-state index in [4.69, 9.17) is 0 Å². The van der Waals surface area contributed by atoms with Gasteiger partial charge in [-0.1, -0.05) is 6.07 Å². The molecule has 1 aliphatic rings. The van der Waals surface area contributed by atoms with Crippen LogP contribution in [-0.4, -0.2) is 40.6 Å². The topological polar surface area (TPSA) is 65.5 Å². The summed E-state index contributed by atoms with van der Waals surface area (Å²) in [6.07, 6.45) is 1.95. The standard InChI is InChI=1S/C18H23N3O2S/c1-13-20-17(12-24-13)9-19-16-6-2-5-15(8-16)18(23)21-7-3-4-14(10-21)11-22/h2,5-6,8,12,14,19,22H,3-4,7,9-11H2,1H3/t14-/m1/s1. The highest BCUT2D eigenvalue weighted by Gasteiger charge is 2.24. The van der Waals surface area contributed by atoms with Crippen molar-refractivity contribution in [3.8, 4) is 0 Å². The third kappa shape index (κ3) is 4.13. The van der Waals surface area contributed by atoms with Gasteiger partial charge in [0.1, 0.15) is 0 Å². The monoisotopic (exact) mass is 345 g/mol. The Balaban J connectivity index is 1.64. The normalized spacial score (nSPS) is 17.8. The van der Waals surface area contributed by atoms with Gasteiger partial charge in [0.05, 0.1) is 17.2 Å². The summed E-state index contributed by atoms with van der Waals surface area (Å²) in [5.41, 5.74) is 2.62. The molecule has 0 radical (unpaired) electrons. The van der Waals surface area contributed by atoms with Crippen LogP contribution in [0, 0.1) is 12.8 Å². The molecule has 2 heterocycles. The number of thiazole rings is 1. The minimum atomic E-state index is 0.0429. The lowest BCUT2D eigenvalue weighted by Gasteiger charge is -2.32. The van der Waals surface area contributed by atoms with Gasteiger partial charge >= 0.3 is 0 Å². The molecule has 0 aliphatic carbocycles. The lowest BCUT2D eigenvalue weighted by Crippen LogP contribution is -2.40. The van der Waals surface area contributed by atoms with Crippen LogP contribution in [0.15, 0.2) is 29.6 Å². The number of aliphatic hydroxyl groups is 1. The highest BCUT2D eigenvalue weighted by molar-refractivity contribution is 7.09. The summed E-state index contributed by atoms with van der Waals surface area (Å²) in [4.78, 5) is 19.0. The van der Waals surface area contributed by atoms with Gasteiger partial charge < -0.3 is 15.3 Å². The molecule has 128 valence electrons. The molecule has 5 nitrogen and oxygen atoms in total. The van der Waals surface area contributed by atoms with Gasteiger partial charge in [-0.15, -0.1) is 11.3 Å². The van der Waals surface area contributed by atoms with Crippen LogP contribution >= 0.6 is 11.3 Å². The zero-order valence-corrected chi connectivity index (χ0v) is 14.7. The molecule has 6 heteroatoms. The quantitative estimate of drug-likeness (QED) is 0.874. The van der Waals surface area contributed by atoms with E-state index in [1.807, 2.05) is 41.5 Å². The fourth-order valence-corrected chi connectivity index (χ4v) is 3.64. The summed E-state index contributed by atoms with van der Waals surface area (Å²) >= 11 is 1.64. The maximum atomic E-state index is 12.7. The molecule has 0 unspecified atom stereocenters. The first-order chi connectivity index (χ1) is 11.7. The Morgan fingerprint density at radius 2 is 2.38 bits per heavy atom. The molecule has 1 saturated heterocycles. The van der Waals surface area contributed by atoms with Crippen molar-refractivity contribution >= 4 is 22.9 Å². The predicted molar refractivity (Wildman–Crippen MR) is 96.3 cm³/mol. The Morgan fingerprint density at radius 3 is 3.12 bits per heavy atom. The van der Waals surface area contributed by atoms with Crippen LogP contribution < -0.4 is 5.32 Å². The zero-order valence-electron chi connectivity index (χ0n) is 13.9. The second-order valence-corrected chi connectivity index (χ2v) is 7.30. The number of hydrogen-bond donors (Lipinski definition) is 2. The highest BCUT2D eigenvalue weighted by Crippen LogP contribution is 2.20. The molecule has 1 amide bonds. The third-order valence-corrected chi connectivity index (χ3v) is 5.14. The summed E-state index contributed by atoms with van der Waals surface area (Å²) in [6, 6.07) is 7.60. The van der Waals surface area contributed by atoms with E-state index < -0.39 is 0 Å². The number of amides is 1. The molecule has 1 aliphatic heterocycles. The number of benzene rings is 1. The molecule has 2 aromatic rings. The number of rotatable bonds is 5. The molecule has 1 aromatic heterocycles. The van der Waals surface area contributed by atoms with E-state index >= 15 is 0 Å². The molecule has 0 spiro atoms. The minimum Gasteiger partial charge on any atom is -0.396 e. The van der Waals surface area contributed by atoms with E-state index in [-0.39, 0.29) is 18.4 Å². The lowest BCUT2D eigenvalue weighted by atomic mass is 9.98. The second kappa shape index (κ2) is 7.77. The highest BCUT2D eigenvalue weighted by atomic mass is 32.1. The molecule has 0 bridgehead atoms. The first-order valence-electron chi connectivity index (χ1n) is 8.31. The lowest BCUT2D eigenvalue weighted by molar-refractivity contribution is 0.0621. The molecule has 1 atom stereocenters. The number of carbonyl (C=O) groups excluding carboxylic acids is 1. The van der Waals surface area contributed by atoms with Crippen LogP contribution in [-0.2, 0) is 6.54 Å². The van der Waals surface area contributed by atoms with Crippen molar-refractivity contribution in [2.45, 2.75) is 26.3 Å². The third-order valence-electron chi connectivity index (χ3n) is 4.31. The molecule has 2 N–H and O–H groups in total. The molecule has 24 heavy (non-hydrogen) atoms. The number of nitrogens with zero attached hydrogens (tertiary/aromatic N) is 2. The largest absolute Gasteiger partial charge is 0.396 e. The van der Waals surface area contributed by atoms with Crippen LogP contribution in [0.2, 0.25) is 0 Å². The molecule has 1 fully saturated rings. The Kier molecular flexibility index (Phi) is 5.48. The van der Waals surface area contributed by atoms with Crippen LogP contribution in [0.3, 0.4) is 0 Å². The van der Waals surface area contributed by atoms with E-state index in [9.17, 15) is 9.90 Å². The van der Waals surface area contributed by atoms with Gasteiger partial charge in [0.15, 0.2) is 0 Å². The first kappa shape index (κ1) is 16.9. The number of aromatic nitrogens is 1. The van der Waals surface area contributed by atoms with Crippen molar-refractivity contribution in [3.63, 3.8) is 0 Å². The number of carbonyl (C=O) groups is 1. The summed E-state index contributed by atoms with van der Waals surface area (Å²) in [7, 11) is 0. The van der Waals surface area contributed by atoms with Crippen LogP contribution in [0.25, 0.3) is 0 Å².